The van der Waals surface area contributed by atoms with Gasteiger partial charge in [-0.05, 0) is 36.1 Å². The molecule has 0 bridgehead atoms. The van der Waals surface area contributed by atoms with E-state index in [1.54, 1.807) is 18.3 Å². The SMILES string of the molecule is CCc1ccc(CC(C(=O)O)c2ccccn2)cc1. The smallest absolute Gasteiger partial charge is 0.312 e. The number of carboxylic acid groups (broad SMARTS) is 1. The summed E-state index contributed by atoms with van der Waals surface area (Å²) < 4.78 is 0. The maximum absolute atomic E-state index is 11.4. The fourth-order valence-corrected chi connectivity index (χ4v) is 2.05. The fraction of sp³-hybridized carbons (Fsp3) is 0.250. The summed E-state index contributed by atoms with van der Waals surface area (Å²) >= 11 is 0. The van der Waals surface area contributed by atoms with Crippen LogP contribution in [0.2, 0.25) is 0 Å². The van der Waals surface area contributed by atoms with Gasteiger partial charge in [-0.3, -0.25) is 9.78 Å². The third-order valence-corrected chi connectivity index (χ3v) is 3.21. The first-order chi connectivity index (χ1) is 9.20. The molecule has 3 nitrogen and oxygen atoms in total. The normalized spacial score (nSPS) is 12.1. The molecule has 1 heterocycles. The molecule has 19 heavy (non-hydrogen) atoms. The number of aromatic nitrogens is 1. The van der Waals surface area contributed by atoms with E-state index in [1.807, 2.05) is 30.3 Å². The van der Waals surface area contributed by atoms with Crippen molar-refractivity contribution in [3.8, 4) is 0 Å². The van der Waals surface area contributed by atoms with Gasteiger partial charge in [-0.2, -0.15) is 0 Å². The molecule has 0 amide bonds. The molecular weight excluding hydrogens is 238 g/mol. The molecule has 2 rings (SSSR count). The van der Waals surface area contributed by atoms with Crippen molar-refractivity contribution in [1.29, 1.82) is 0 Å². The van der Waals surface area contributed by atoms with E-state index in [0.717, 1.165) is 12.0 Å². The summed E-state index contributed by atoms with van der Waals surface area (Å²) in [6, 6.07) is 13.5. The van der Waals surface area contributed by atoms with Crippen molar-refractivity contribution in [3.05, 3.63) is 65.5 Å². The number of nitrogens with zero attached hydrogens (tertiary/aromatic N) is 1. The van der Waals surface area contributed by atoms with Crippen LogP contribution in [-0.2, 0) is 17.6 Å². The summed E-state index contributed by atoms with van der Waals surface area (Å²) in [5.41, 5.74) is 2.89. The van der Waals surface area contributed by atoms with E-state index in [0.29, 0.717) is 12.1 Å². The maximum atomic E-state index is 11.4. The predicted molar refractivity (Wildman–Crippen MR) is 74.1 cm³/mol. The lowest BCUT2D eigenvalue weighted by Gasteiger charge is -2.12. The minimum atomic E-state index is -0.835. The number of benzene rings is 1. The Hall–Kier alpha value is -2.16. The Morgan fingerprint density at radius 2 is 1.84 bits per heavy atom. The average molecular weight is 255 g/mol. The van der Waals surface area contributed by atoms with Gasteiger partial charge in [0.25, 0.3) is 0 Å². The first kappa shape index (κ1) is 13.3. The summed E-state index contributed by atoms with van der Waals surface area (Å²) in [6.45, 7) is 2.10. The zero-order valence-electron chi connectivity index (χ0n) is 10.9. The molecule has 0 radical (unpaired) electrons. The van der Waals surface area contributed by atoms with Crippen molar-refractivity contribution in [3.63, 3.8) is 0 Å². The van der Waals surface area contributed by atoms with Crippen LogP contribution in [0.5, 0.6) is 0 Å². The highest BCUT2D eigenvalue weighted by atomic mass is 16.4. The third kappa shape index (κ3) is 3.41. The number of aryl methyl sites for hydroxylation is 1. The first-order valence-corrected chi connectivity index (χ1v) is 6.42. The summed E-state index contributed by atoms with van der Waals surface area (Å²) in [5.74, 6) is -1.42. The van der Waals surface area contributed by atoms with Crippen LogP contribution in [-0.4, -0.2) is 16.1 Å². The van der Waals surface area contributed by atoms with Gasteiger partial charge < -0.3 is 5.11 Å². The quantitative estimate of drug-likeness (QED) is 0.893. The number of pyridine rings is 1. The zero-order chi connectivity index (χ0) is 13.7. The van der Waals surface area contributed by atoms with Gasteiger partial charge in [0.05, 0.1) is 5.69 Å². The lowest BCUT2D eigenvalue weighted by atomic mass is 9.95. The van der Waals surface area contributed by atoms with Gasteiger partial charge in [-0.1, -0.05) is 37.3 Å². The molecule has 1 unspecified atom stereocenters. The number of carbonyl (C=O) groups is 1. The highest BCUT2D eigenvalue weighted by Gasteiger charge is 2.21. The fourth-order valence-electron chi connectivity index (χ4n) is 2.05. The second-order valence-electron chi connectivity index (χ2n) is 4.52. The Bertz CT molecular complexity index is 534. The van der Waals surface area contributed by atoms with E-state index in [9.17, 15) is 9.90 Å². The zero-order valence-corrected chi connectivity index (χ0v) is 10.9. The van der Waals surface area contributed by atoms with E-state index >= 15 is 0 Å². The molecule has 1 aromatic carbocycles. The highest BCUT2D eigenvalue weighted by Crippen LogP contribution is 2.19. The Labute approximate surface area is 112 Å². The second kappa shape index (κ2) is 6.14. The van der Waals surface area contributed by atoms with Crippen LogP contribution in [0.3, 0.4) is 0 Å². The van der Waals surface area contributed by atoms with E-state index in [4.69, 9.17) is 0 Å². The molecule has 3 heteroatoms. The van der Waals surface area contributed by atoms with Crippen LogP contribution < -0.4 is 0 Å². The van der Waals surface area contributed by atoms with Crippen molar-refractivity contribution in [1.82, 2.24) is 4.98 Å². The van der Waals surface area contributed by atoms with E-state index in [2.05, 4.69) is 11.9 Å². The number of aliphatic carboxylic acids is 1. The molecule has 0 aliphatic carbocycles. The second-order valence-corrected chi connectivity index (χ2v) is 4.52. The van der Waals surface area contributed by atoms with Crippen molar-refractivity contribution >= 4 is 5.97 Å². The number of carboxylic acids is 1. The molecule has 0 saturated carbocycles. The van der Waals surface area contributed by atoms with Crippen LogP contribution in [0.15, 0.2) is 48.7 Å². The molecule has 2 aromatic rings. The molecule has 0 aliphatic rings. The lowest BCUT2D eigenvalue weighted by molar-refractivity contribution is -0.138. The van der Waals surface area contributed by atoms with Gasteiger partial charge in [0, 0.05) is 6.20 Å². The summed E-state index contributed by atoms with van der Waals surface area (Å²) in [6.07, 6.45) is 3.09. The Balaban J connectivity index is 2.19. The Kier molecular flexibility index (Phi) is 4.29. The molecular formula is C16H17NO2. The van der Waals surface area contributed by atoms with E-state index < -0.39 is 11.9 Å². The van der Waals surface area contributed by atoms with Crippen LogP contribution in [0, 0.1) is 0 Å². The minimum absolute atomic E-state index is 0.469. The lowest BCUT2D eigenvalue weighted by Crippen LogP contribution is -2.15. The standard InChI is InChI=1S/C16H17NO2/c1-2-12-6-8-13(9-7-12)11-14(16(18)19)15-5-3-4-10-17-15/h3-10,14H,2,11H2,1H3,(H,18,19). The minimum Gasteiger partial charge on any atom is -0.481 e. The summed E-state index contributed by atoms with van der Waals surface area (Å²) in [5, 5.41) is 9.35. The average Bonchev–Trinajstić information content (AvgIpc) is 2.46. The van der Waals surface area contributed by atoms with Crippen LogP contribution in [0.25, 0.3) is 0 Å². The van der Waals surface area contributed by atoms with E-state index in [1.165, 1.54) is 5.56 Å². The van der Waals surface area contributed by atoms with Gasteiger partial charge in [0.2, 0.25) is 0 Å². The summed E-state index contributed by atoms with van der Waals surface area (Å²) in [7, 11) is 0. The van der Waals surface area contributed by atoms with Crippen molar-refractivity contribution in [2.24, 2.45) is 0 Å². The third-order valence-electron chi connectivity index (χ3n) is 3.21. The predicted octanol–water partition coefficient (Wildman–Crippen LogP) is 3.05. The maximum Gasteiger partial charge on any atom is 0.312 e. The summed E-state index contributed by atoms with van der Waals surface area (Å²) in [4.78, 5) is 15.5. The largest absolute Gasteiger partial charge is 0.481 e. The molecule has 1 aromatic heterocycles. The molecule has 1 atom stereocenters. The van der Waals surface area contributed by atoms with Crippen LogP contribution in [0.4, 0.5) is 0 Å². The van der Waals surface area contributed by atoms with Gasteiger partial charge in [0.1, 0.15) is 5.92 Å². The Morgan fingerprint density at radius 3 is 2.37 bits per heavy atom. The highest BCUT2D eigenvalue weighted by molar-refractivity contribution is 5.75. The molecule has 1 N–H and O–H groups in total. The van der Waals surface area contributed by atoms with Crippen molar-refractivity contribution in [2.75, 3.05) is 0 Å². The van der Waals surface area contributed by atoms with Crippen molar-refractivity contribution < 1.29 is 9.90 Å². The number of hydrogen-bond acceptors (Lipinski definition) is 2. The number of hydrogen-bond donors (Lipinski definition) is 1. The van der Waals surface area contributed by atoms with Gasteiger partial charge in [-0.15, -0.1) is 0 Å². The molecule has 0 spiro atoms. The molecule has 98 valence electrons. The first-order valence-electron chi connectivity index (χ1n) is 6.42. The van der Waals surface area contributed by atoms with Gasteiger partial charge >= 0.3 is 5.97 Å². The Morgan fingerprint density at radius 1 is 1.16 bits per heavy atom. The van der Waals surface area contributed by atoms with Crippen LogP contribution in [0.1, 0.15) is 29.7 Å². The molecule has 0 saturated heterocycles. The van der Waals surface area contributed by atoms with E-state index in [-0.39, 0.29) is 0 Å². The molecule has 0 fully saturated rings. The molecule has 0 aliphatic heterocycles. The van der Waals surface area contributed by atoms with Crippen LogP contribution >= 0.6 is 0 Å². The topological polar surface area (TPSA) is 50.2 Å². The van der Waals surface area contributed by atoms with Crippen molar-refractivity contribution in [2.45, 2.75) is 25.7 Å². The van der Waals surface area contributed by atoms with Gasteiger partial charge in [0.15, 0.2) is 0 Å². The van der Waals surface area contributed by atoms with Gasteiger partial charge in [-0.25, -0.2) is 0 Å². The monoisotopic (exact) mass is 255 g/mol. The number of rotatable bonds is 5.